The first-order chi connectivity index (χ1) is 9.50. The monoisotopic (exact) mass is 291 g/mol. The lowest BCUT2D eigenvalue weighted by Gasteiger charge is -2.21. The van der Waals surface area contributed by atoms with Crippen LogP contribution < -0.4 is 5.32 Å². The largest absolute Gasteiger partial charge is 0.309 e. The van der Waals surface area contributed by atoms with Gasteiger partial charge in [-0.2, -0.15) is 11.8 Å². The van der Waals surface area contributed by atoms with Crippen molar-refractivity contribution < 1.29 is 0 Å². The number of thioether (sulfide) groups is 1. The van der Waals surface area contributed by atoms with Crippen LogP contribution in [0, 0.1) is 0 Å². The minimum absolute atomic E-state index is 0.250. The van der Waals surface area contributed by atoms with Gasteiger partial charge in [0.25, 0.3) is 0 Å². The van der Waals surface area contributed by atoms with Gasteiger partial charge in [-0.3, -0.25) is 0 Å². The van der Waals surface area contributed by atoms with Crippen LogP contribution in [0.4, 0.5) is 0 Å². The zero-order valence-corrected chi connectivity index (χ0v) is 14.2. The minimum atomic E-state index is 0.250. The molecule has 20 heavy (non-hydrogen) atoms. The third-order valence-corrected chi connectivity index (χ3v) is 5.55. The van der Waals surface area contributed by atoms with Crippen molar-refractivity contribution in [2.45, 2.75) is 70.2 Å². The molecule has 0 radical (unpaired) electrons. The molecule has 0 heterocycles. The normalized spacial score (nSPS) is 23.2. The first kappa shape index (κ1) is 15.9. The van der Waals surface area contributed by atoms with Gasteiger partial charge >= 0.3 is 0 Å². The molecule has 0 amide bonds. The van der Waals surface area contributed by atoms with Gasteiger partial charge in [-0.15, -0.1) is 0 Å². The van der Waals surface area contributed by atoms with Crippen molar-refractivity contribution in [3.63, 3.8) is 0 Å². The van der Waals surface area contributed by atoms with E-state index in [9.17, 15) is 0 Å². The molecule has 2 heteroatoms. The highest BCUT2D eigenvalue weighted by atomic mass is 32.2. The molecule has 2 unspecified atom stereocenters. The molecule has 1 N–H and O–H groups in total. The highest BCUT2D eigenvalue weighted by molar-refractivity contribution is 7.99. The molecule has 1 nitrogen and oxygen atoms in total. The zero-order chi connectivity index (χ0) is 14.6. The Bertz CT molecular complexity index is 404. The Balaban J connectivity index is 1.88. The summed E-state index contributed by atoms with van der Waals surface area (Å²) in [6.07, 6.45) is 4.12. The van der Waals surface area contributed by atoms with Crippen LogP contribution in [0.15, 0.2) is 24.3 Å². The Kier molecular flexibility index (Phi) is 5.57. The molecule has 112 valence electrons. The molecule has 0 aliphatic heterocycles. The Labute approximate surface area is 128 Å². The summed E-state index contributed by atoms with van der Waals surface area (Å²) >= 11 is 2.13. The van der Waals surface area contributed by atoms with Crippen molar-refractivity contribution >= 4 is 11.8 Å². The molecular weight excluding hydrogens is 262 g/mol. The highest BCUT2D eigenvalue weighted by Crippen LogP contribution is 2.30. The summed E-state index contributed by atoms with van der Waals surface area (Å²) in [6, 6.07) is 9.84. The second kappa shape index (κ2) is 7.00. The predicted molar refractivity (Wildman–Crippen MR) is 91.5 cm³/mol. The molecule has 1 aliphatic carbocycles. The predicted octanol–water partition coefficient (Wildman–Crippen LogP) is 4.75. The number of hydrogen-bond acceptors (Lipinski definition) is 2. The Hall–Kier alpha value is -0.470. The Morgan fingerprint density at radius 3 is 2.45 bits per heavy atom. The minimum Gasteiger partial charge on any atom is -0.309 e. The second-order valence-corrected chi connectivity index (χ2v) is 8.38. The molecule has 2 atom stereocenters. The van der Waals surface area contributed by atoms with Crippen LogP contribution in [0.3, 0.4) is 0 Å². The molecule has 2 rings (SSSR count). The van der Waals surface area contributed by atoms with Crippen molar-refractivity contribution in [1.82, 2.24) is 5.32 Å². The summed E-state index contributed by atoms with van der Waals surface area (Å²) in [4.78, 5) is 0. The van der Waals surface area contributed by atoms with Crippen molar-refractivity contribution in [1.29, 1.82) is 0 Å². The average Bonchev–Trinajstić information content (AvgIpc) is 2.84. The van der Waals surface area contributed by atoms with Crippen molar-refractivity contribution in [2.75, 3.05) is 5.75 Å². The lowest BCUT2D eigenvalue weighted by Crippen LogP contribution is -2.33. The summed E-state index contributed by atoms with van der Waals surface area (Å²) in [7, 11) is 0. The van der Waals surface area contributed by atoms with E-state index in [2.05, 4.69) is 69.0 Å². The maximum Gasteiger partial charge on any atom is 0.0208 e. The average molecular weight is 292 g/mol. The van der Waals surface area contributed by atoms with Crippen LogP contribution >= 0.6 is 11.8 Å². The summed E-state index contributed by atoms with van der Waals surface area (Å²) in [5.74, 6) is 1.24. The summed E-state index contributed by atoms with van der Waals surface area (Å²) in [6.45, 7) is 10.1. The lowest BCUT2D eigenvalue weighted by molar-refractivity contribution is 0.531. The van der Waals surface area contributed by atoms with Gasteiger partial charge < -0.3 is 5.32 Å². The molecule has 0 bridgehead atoms. The van der Waals surface area contributed by atoms with Gasteiger partial charge in [0.15, 0.2) is 0 Å². The summed E-state index contributed by atoms with van der Waals surface area (Å²) in [5.41, 5.74) is 3.08. The topological polar surface area (TPSA) is 12.0 Å². The van der Waals surface area contributed by atoms with E-state index in [4.69, 9.17) is 0 Å². The van der Waals surface area contributed by atoms with Crippen LogP contribution in [0.2, 0.25) is 0 Å². The van der Waals surface area contributed by atoms with Gasteiger partial charge in [0, 0.05) is 17.8 Å². The van der Waals surface area contributed by atoms with Crippen molar-refractivity contribution in [2.24, 2.45) is 0 Å². The Morgan fingerprint density at radius 1 is 1.15 bits per heavy atom. The molecule has 1 aliphatic rings. The van der Waals surface area contributed by atoms with Crippen molar-refractivity contribution in [3.05, 3.63) is 35.4 Å². The molecule has 1 fully saturated rings. The standard InChI is InChI=1S/C18H29NS/c1-5-20-17-8-6-7-16(17)19-13-14-9-11-15(12-10-14)18(2,3)4/h9-12,16-17,19H,5-8,13H2,1-4H3. The van der Waals surface area contributed by atoms with E-state index in [1.807, 2.05) is 0 Å². The van der Waals surface area contributed by atoms with E-state index < -0.39 is 0 Å². The van der Waals surface area contributed by atoms with Crippen LogP contribution in [-0.4, -0.2) is 17.0 Å². The fourth-order valence-electron chi connectivity index (χ4n) is 2.94. The van der Waals surface area contributed by atoms with Crippen LogP contribution in [0.5, 0.6) is 0 Å². The summed E-state index contributed by atoms with van der Waals surface area (Å²) < 4.78 is 0. The SMILES string of the molecule is CCSC1CCCC1NCc1ccc(C(C)(C)C)cc1. The van der Waals surface area contributed by atoms with Crippen LogP contribution in [0.1, 0.15) is 58.1 Å². The molecule has 1 aromatic rings. The lowest BCUT2D eigenvalue weighted by atomic mass is 9.87. The van der Waals surface area contributed by atoms with Gasteiger partial charge in [0.1, 0.15) is 0 Å². The van der Waals surface area contributed by atoms with Crippen LogP contribution in [0.25, 0.3) is 0 Å². The van der Waals surface area contributed by atoms with E-state index in [0.29, 0.717) is 6.04 Å². The van der Waals surface area contributed by atoms with Gasteiger partial charge in [0.2, 0.25) is 0 Å². The van der Waals surface area contributed by atoms with E-state index in [1.165, 1.54) is 36.1 Å². The molecular formula is C18H29NS. The zero-order valence-electron chi connectivity index (χ0n) is 13.4. The molecule has 0 aromatic heterocycles. The molecule has 0 saturated heterocycles. The third-order valence-electron chi connectivity index (χ3n) is 4.22. The molecule has 1 aromatic carbocycles. The maximum absolute atomic E-state index is 3.77. The smallest absolute Gasteiger partial charge is 0.0208 e. The second-order valence-electron chi connectivity index (χ2n) is 6.86. The van der Waals surface area contributed by atoms with Gasteiger partial charge in [0.05, 0.1) is 0 Å². The number of hydrogen-bond donors (Lipinski definition) is 1. The van der Waals surface area contributed by atoms with Crippen LogP contribution in [-0.2, 0) is 12.0 Å². The van der Waals surface area contributed by atoms with Gasteiger partial charge in [-0.1, -0.05) is 58.4 Å². The fraction of sp³-hybridized carbons (Fsp3) is 0.667. The van der Waals surface area contributed by atoms with Gasteiger partial charge in [-0.25, -0.2) is 0 Å². The first-order valence-corrected chi connectivity index (χ1v) is 9.00. The van der Waals surface area contributed by atoms with E-state index in [1.54, 1.807) is 0 Å². The molecule has 1 saturated carbocycles. The molecule has 0 spiro atoms. The number of benzene rings is 1. The van der Waals surface area contributed by atoms with E-state index >= 15 is 0 Å². The van der Waals surface area contributed by atoms with E-state index in [-0.39, 0.29) is 5.41 Å². The maximum atomic E-state index is 3.77. The van der Waals surface area contributed by atoms with E-state index in [0.717, 1.165) is 11.8 Å². The summed E-state index contributed by atoms with van der Waals surface area (Å²) in [5, 5.41) is 4.60. The number of nitrogens with one attached hydrogen (secondary N) is 1. The number of rotatable bonds is 5. The third kappa shape index (κ3) is 4.26. The highest BCUT2D eigenvalue weighted by Gasteiger charge is 2.26. The van der Waals surface area contributed by atoms with Gasteiger partial charge in [-0.05, 0) is 35.1 Å². The van der Waals surface area contributed by atoms with Crippen molar-refractivity contribution in [3.8, 4) is 0 Å². The quantitative estimate of drug-likeness (QED) is 0.840. The fourth-order valence-corrected chi connectivity index (χ4v) is 4.17. The first-order valence-electron chi connectivity index (χ1n) is 7.95. The Morgan fingerprint density at radius 2 is 1.85 bits per heavy atom.